The highest BCUT2D eigenvalue weighted by molar-refractivity contribution is 4.98. The van der Waals surface area contributed by atoms with Crippen molar-refractivity contribution in [3.8, 4) is 0 Å². The van der Waals surface area contributed by atoms with Gasteiger partial charge in [-0.05, 0) is 55.9 Å². The van der Waals surface area contributed by atoms with Crippen LogP contribution in [-0.2, 0) is 0 Å². The van der Waals surface area contributed by atoms with Gasteiger partial charge >= 0.3 is 0 Å². The maximum Gasteiger partial charge on any atom is 0.0555 e. The minimum atomic E-state index is -0.0841. The van der Waals surface area contributed by atoms with Gasteiger partial charge in [0.2, 0.25) is 0 Å². The second kappa shape index (κ2) is 5.04. The fourth-order valence-corrected chi connectivity index (χ4v) is 4.36. The summed E-state index contributed by atoms with van der Waals surface area (Å²) in [4.78, 5) is 2.60. The van der Waals surface area contributed by atoms with Crippen LogP contribution in [0.25, 0.3) is 0 Å². The van der Waals surface area contributed by atoms with Gasteiger partial charge < -0.3 is 10.0 Å². The SMILES string of the molecule is CN(C1CC(C)(C)C1)C1CC(O)CCC1C(C)(C)C. The second-order valence-electron chi connectivity index (χ2n) is 8.90. The number of nitrogens with zero attached hydrogens (tertiary/aromatic N) is 1. The quantitative estimate of drug-likeness (QED) is 0.825. The molecule has 2 saturated carbocycles. The first-order valence-corrected chi connectivity index (χ1v) is 8.00. The predicted octanol–water partition coefficient (Wildman–Crippen LogP) is 3.68. The van der Waals surface area contributed by atoms with E-state index in [2.05, 4.69) is 46.6 Å². The van der Waals surface area contributed by atoms with E-state index in [0.717, 1.165) is 18.9 Å². The predicted molar refractivity (Wildman–Crippen MR) is 81.2 cm³/mol. The maximum atomic E-state index is 10.1. The Balaban J connectivity index is 2.05. The minimum Gasteiger partial charge on any atom is -0.393 e. The van der Waals surface area contributed by atoms with Gasteiger partial charge in [0.1, 0.15) is 0 Å². The third-order valence-corrected chi connectivity index (χ3v) is 5.58. The molecule has 0 amide bonds. The molecule has 2 rings (SSSR count). The Bertz CT molecular complexity index is 310. The average molecular weight is 267 g/mol. The fourth-order valence-electron chi connectivity index (χ4n) is 4.36. The van der Waals surface area contributed by atoms with Gasteiger partial charge in [0.05, 0.1) is 6.10 Å². The van der Waals surface area contributed by atoms with Crippen LogP contribution in [0.4, 0.5) is 0 Å². The van der Waals surface area contributed by atoms with E-state index in [1.165, 1.54) is 19.3 Å². The van der Waals surface area contributed by atoms with E-state index in [9.17, 15) is 5.11 Å². The molecular weight excluding hydrogens is 234 g/mol. The van der Waals surface area contributed by atoms with E-state index in [0.29, 0.717) is 22.8 Å². The molecule has 2 aliphatic rings. The molecule has 2 nitrogen and oxygen atoms in total. The number of hydrogen-bond donors (Lipinski definition) is 1. The van der Waals surface area contributed by atoms with Gasteiger partial charge in [0.25, 0.3) is 0 Å². The molecule has 0 heterocycles. The molecule has 2 heteroatoms. The van der Waals surface area contributed by atoms with Crippen molar-refractivity contribution >= 4 is 0 Å². The van der Waals surface area contributed by atoms with Crippen LogP contribution in [0, 0.1) is 16.7 Å². The topological polar surface area (TPSA) is 23.5 Å². The monoisotopic (exact) mass is 267 g/mol. The lowest BCUT2D eigenvalue weighted by molar-refractivity contribution is -0.0561. The van der Waals surface area contributed by atoms with Crippen molar-refractivity contribution in [2.24, 2.45) is 16.7 Å². The van der Waals surface area contributed by atoms with Crippen molar-refractivity contribution in [3.05, 3.63) is 0 Å². The van der Waals surface area contributed by atoms with Crippen molar-refractivity contribution in [3.63, 3.8) is 0 Å². The highest BCUT2D eigenvalue weighted by atomic mass is 16.3. The number of aliphatic hydroxyl groups is 1. The van der Waals surface area contributed by atoms with Gasteiger partial charge in [-0.2, -0.15) is 0 Å². The van der Waals surface area contributed by atoms with E-state index in [1.807, 2.05) is 0 Å². The Morgan fingerprint density at radius 3 is 2.16 bits per heavy atom. The molecule has 0 saturated heterocycles. The van der Waals surface area contributed by atoms with Gasteiger partial charge in [-0.1, -0.05) is 34.6 Å². The highest BCUT2D eigenvalue weighted by Gasteiger charge is 2.45. The zero-order valence-corrected chi connectivity index (χ0v) is 13.7. The first kappa shape index (κ1) is 15.3. The lowest BCUT2D eigenvalue weighted by atomic mass is 9.64. The van der Waals surface area contributed by atoms with Crippen LogP contribution in [-0.4, -0.2) is 35.2 Å². The summed E-state index contributed by atoms with van der Waals surface area (Å²) in [7, 11) is 2.29. The zero-order chi connectivity index (χ0) is 14.4. The summed E-state index contributed by atoms with van der Waals surface area (Å²) in [6.07, 6.45) is 5.67. The summed E-state index contributed by atoms with van der Waals surface area (Å²) >= 11 is 0. The van der Waals surface area contributed by atoms with Gasteiger partial charge in [-0.3, -0.25) is 0 Å². The molecule has 0 aliphatic heterocycles. The zero-order valence-electron chi connectivity index (χ0n) is 13.7. The second-order valence-corrected chi connectivity index (χ2v) is 8.90. The van der Waals surface area contributed by atoms with Crippen LogP contribution in [0.1, 0.15) is 66.7 Å². The summed E-state index contributed by atoms with van der Waals surface area (Å²) in [6.45, 7) is 11.8. The van der Waals surface area contributed by atoms with E-state index in [4.69, 9.17) is 0 Å². The van der Waals surface area contributed by atoms with Gasteiger partial charge in [0, 0.05) is 12.1 Å². The maximum absolute atomic E-state index is 10.1. The standard InChI is InChI=1S/C17H33NO/c1-16(2,3)14-8-7-13(19)9-15(14)18(6)12-10-17(4,5)11-12/h12-15,19H,7-11H2,1-6H3. The van der Waals surface area contributed by atoms with Gasteiger partial charge in [-0.25, -0.2) is 0 Å². The molecule has 1 N–H and O–H groups in total. The summed E-state index contributed by atoms with van der Waals surface area (Å²) in [5.74, 6) is 0.713. The Labute approximate surface area is 119 Å². The molecule has 112 valence electrons. The van der Waals surface area contributed by atoms with E-state index in [-0.39, 0.29) is 6.10 Å². The molecular formula is C17H33NO. The molecule has 0 bridgehead atoms. The van der Waals surface area contributed by atoms with Gasteiger partial charge in [-0.15, -0.1) is 0 Å². The van der Waals surface area contributed by atoms with Crippen LogP contribution in [0.2, 0.25) is 0 Å². The molecule has 19 heavy (non-hydrogen) atoms. The van der Waals surface area contributed by atoms with Crippen LogP contribution in [0.15, 0.2) is 0 Å². The molecule has 3 unspecified atom stereocenters. The lowest BCUT2D eigenvalue weighted by Crippen LogP contribution is -2.56. The number of rotatable bonds is 2. The molecule has 2 fully saturated rings. The van der Waals surface area contributed by atoms with Crippen LogP contribution < -0.4 is 0 Å². The summed E-state index contributed by atoms with van der Waals surface area (Å²) in [5.41, 5.74) is 0.877. The smallest absolute Gasteiger partial charge is 0.0555 e. The Kier molecular flexibility index (Phi) is 4.06. The lowest BCUT2D eigenvalue weighted by Gasteiger charge is -2.54. The van der Waals surface area contributed by atoms with E-state index < -0.39 is 0 Å². The van der Waals surface area contributed by atoms with Crippen LogP contribution >= 0.6 is 0 Å². The average Bonchev–Trinajstić information content (AvgIpc) is 2.22. The third kappa shape index (κ3) is 3.33. The normalized spacial score (nSPS) is 36.3. The van der Waals surface area contributed by atoms with Gasteiger partial charge in [0.15, 0.2) is 0 Å². The first-order chi connectivity index (χ1) is 8.60. The molecule has 3 atom stereocenters. The molecule has 0 aromatic carbocycles. The molecule has 0 aromatic heterocycles. The largest absolute Gasteiger partial charge is 0.393 e. The summed E-state index contributed by atoms with van der Waals surface area (Å²) in [5, 5.41) is 10.1. The molecule has 0 spiro atoms. The van der Waals surface area contributed by atoms with Crippen LogP contribution in [0.5, 0.6) is 0 Å². The van der Waals surface area contributed by atoms with Crippen LogP contribution in [0.3, 0.4) is 0 Å². The minimum absolute atomic E-state index is 0.0841. The van der Waals surface area contributed by atoms with Crippen molar-refractivity contribution in [2.75, 3.05) is 7.05 Å². The highest BCUT2D eigenvalue weighted by Crippen LogP contribution is 2.47. The molecule has 0 radical (unpaired) electrons. The molecule has 2 aliphatic carbocycles. The number of aliphatic hydroxyl groups excluding tert-OH is 1. The number of hydrogen-bond acceptors (Lipinski definition) is 2. The van der Waals surface area contributed by atoms with Crippen molar-refractivity contribution in [2.45, 2.75) is 84.9 Å². The third-order valence-electron chi connectivity index (χ3n) is 5.58. The Morgan fingerprint density at radius 1 is 1.11 bits per heavy atom. The van der Waals surface area contributed by atoms with E-state index >= 15 is 0 Å². The molecule has 0 aromatic rings. The summed E-state index contributed by atoms with van der Waals surface area (Å²) in [6, 6.07) is 1.29. The van der Waals surface area contributed by atoms with E-state index in [1.54, 1.807) is 0 Å². The fraction of sp³-hybridized carbons (Fsp3) is 1.00. The first-order valence-electron chi connectivity index (χ1n) is 8.00. The van der Waals surface area contributed by atoms with Crippen molar-refractivity contribution in [1.82, 2.24) is 4.90 Å². The summed E-state index contributed by atoms with van der Waals surface area (Å²) < 4.78 is 0. The van der Waals surface area contributed by atoms with Crippen molar-refractivity contribution in [1.29, 1.82) is 0 Å². The Morgan fingerprint density at radius 2 is 1.68 bits per heavy atom. The van der Waals surface area contributed by atoms with Crippen molar-refractivity contribution < 1.29 is 5.11 Å². The Hall–Kier alpha value is -0.0800.